The largest absolute Gasteiger partial charge is 0.378 e. The zero-order chi connectivity index (χ0) is 16.9. The van der Waals surface area contributed by atoms with Crippen molar-refractivity contribution in [3.8, 4) is 0 Å². The summed E-state index contributed by atoms with van der Waals surface area (Å²) in [7, 11) is 0. The number of nitrogens with one attached hydrogen (secondary N) is 2. The van der Waals surface area contributed by atoms with Crippen LogP contribution in [0.5, 0.6) is 0 Å². The molecule has 0 aliphatic carbocycles. The van der Waals surface area contributed by atoms with Crippen LogP contribution in [-0.4, -0.2) is 60.6 Å². The lowest BCUT2D eigenvalue weighted by atomic mass is 9.96. The molecule has 1 aromatic heterocycles. The Bertz CT molecular complexity index is 594. The molecule has 0 spiro atoms. The number of aromatic nitrogens is 1. The van der Waals surface area contributed by atoms with Gasteiger partial charge in [-0.25, -0.2) is 4.98 Å². The number of halogens is 2. The van der Waals surface area contributed by atoms with Gasteiger partial charge >= 0.3 is 0 Å². The summed E-state index contributed by atoms with van der Waals surface area (Å²) in [6.07, 6.45) is 3.34. The van der Waals surface area contributed by atoms with Crippen molar-refractivity contribution in [3.05, 3.63) is 23.9 Å². The van der Waals surface area contributed by atoms with Crippen LogP contribution in [0.3, 0.4) is 0 Å². The van der Waals surface area contributed by atoms with Gasteiger partial charge in [0.1, 0.15) is 11.9 Å². The van der Waals surface area contributed by atoms with Crippen LogP contribution < -0.4 is 10.6 Å². The van der Waals surface area contributed by atoms with E-state index in [2.05, 4.69) is 15.6 Å². The van der Waals surface area contributed by atoms with E-state index in [1.165, 1.54) is 0 Å². The minimum Gasteiger partial charge on any atom is -0.378 e. The molecule has 2 unspecified atom stereocenters. The number of aryl methyl sites for hydroxylation is 1. The second-order valence-electron chi connectivity index (χ2n) is 6.42. The third-order valence-electron chi connectivity index (χ3n) is 4.49. The zero-order valence-electron chi connectivity index (χ0n) is 14.8. The van der Waals surface area contributed by atoms with Gasteiger partial charge in [0.25, 0.3) is 0 Å². The second-order valence-corrected chi connectivity index (χ2v) is 6.42. The predicted octanol–water partition coefficient (Wildman–Crippen LogP) is 1.40. The lowest BCUT2D eigenvalue weighted by molar-refractivity contribution is -0.139. The van der Waals surface area contributed by atoms with Gasteiger partial charge < -0.3 is 20.3 Å². The van der Waals surface area contributed by atoms with Gasteiger partial charge in [-0.2, -0.15) is 0 Å². The van der Waals surface area contributed by atoms with E-state index >= 15 is 0 Å². The van der Waals surface area contributed by atoms with Crippen molar-refractivity contribution in [1.82, 2.24) is 15.2 Å². The monoisotopic (exact) mass is 404 g/mol. The molecule has 0 aromatic carbocycles. The first-order valence-electron chi connectivity index (χ1n) is 8.47. The van der Waals surface area contributed by atoms with Crippen molar-refractivity contribution in [2.45, 2.75) is 25.8 Å². The van der Waals surface area contributed by atoms with Crippen LogP contribution in [0.1, 0.15) is 18.4 Å². The van der Waals surface area contributed by atoms with Crippen LogP contribution in [0.25, 0.3) is 0 Å². The van der Waals surface area contributed by atoms with Crippen molar-refractivity contribution in [1.29, 1.82) is 0 Å². The molecule has 2 aliphatic heterocycles. The number of anilines is 1. The van der Waals surface area contributed by atoms with E-state index in [9.17, 15) is 9.59 Å². The number of morpholine rings is 1. The molecule has 146 valence electrons. The summed E-state index contributed by atoms with van der Waals surface area (Å²) in [5.74, 6) is 0.309. The van der Waals surface area contributed by atoms with Gasteiger partial charge in [-0.15, -0.1) is 24.8 Å². The first-order chi connectivity index (χ1) is 11.6. The highest BCUT2D eigenvalue weighted by Gasteiger charge is 2.32. The van der Waals surface area contributed by atoms with Crippen molar-refractivity contribution in [2.75, 3.05) is 38.2 Å². The molecule has 9 heteroatoms. The van der Waals surface area contributed by atoms with Crippen molar-refractivity contribution >= 4 is 42.4 Å². The summed E-state index contributed by atoms with van der Waals surface area (Å²) in [5.41, 5.74) is 1.05. The minimum absolute atomic E-state index is 0. The van der Waals surface area contributed by atoms with Crippen molar-refractivity contribution in [2.24, 2.45) is 5.92 Å². The maximum absolute atomic E-state index is 12.6. The Morgan fingerprint density at radius 2 is 2.15 bits per heavy atom. The Hall–Kier alpha value is -1.41. The van der Waals surface area contributed by atoms with Crippen LogP contribution in [0, 0.1) is 12.8 Å². The topological polar surface area (TPSA) is 83.6 Å². The number of carbonyl (C=O) groups is 2. The molecule has 2 saturated heterocycles. The fourth-order valence-corrected chi connectivity index (χ4v) is 3.11. The maximum Gasteiger partial charge on any atom is 0.242 e. The molecule has 0 radical (unpaired) electrons. The fraction of sp³-hybridized carbons (Fsp3) is 0.588. The van der Waals surface area contributed by atoms with E-state index in [0.29, 0.717) is 38.7 Å². The molecule has 2 aliphatic rings. The zero-order valence-corrected chi connectivity index (χ0v) is 16.4. The molecule has 3 rings (SSSR count). The van der Waals surface area contributed by atoms with E-state index in [1.807, 2.05) is 13.0 Å². The molecule has 2 fully saturated rings. The molecular weight excluding hydrogens is 379 g/mol. The number of hydrogen-bond acceptors (Lipinski definition) is 5. The quantitative estimate of drug-likeness (QED) is 0.795. The Balaban J connectivity index is 0.00000169. The molecule has 7 nitrogen and oxygen atoms in total. The summed E-state index contributed by atoms with van der Waals surface area (Å²) >= 11 is 0. The van der Waals surface area contributed by atoms with Crippen LogP contribution in [0.15, 0.2) is 18.3 Å². The number of ether oxygens (including phenoxy) is 1. The standard InChI is InChI=1S/C17H24N4O3.2ClH/c1-12-4-5-15(19-9-12)20-16(22)13-3-2-7-21(10-13)17(23)14-11-24-8-6-18-14;;/h4-5,9,13-14,18H,2-3,6-8,10-11H2,1H3,(H,19,20,22);2*1H. The van der Waals surface area contributed by atoms with Gasteiger partial charge in [0.2, 0.25) is 11.8 Å². The fourth-order valence-electron chi connectivity index (χ4n) is 3.11. The molecular formula is C17H26Cl2N4O3. The van der Waals surface area contributed by atoms with Gasteiger partial charge in [0.15, 0.2) is 0 Å². The van der Waals surface area contributed by atoms with E-state index < -0.39 is 0 Å². The molecule has 3 heterocycles. The first kappa shape index (κ1) is 22.6. The summed E-state index contributed by atoms with van der Waals surface area (Å²) in [6, 6.07) is 3.41. The van der Waals surface area contributed by atoms with Crippen molar-refractivity contribution < 1.29 is 14.3 Å². The number of amides is 2. The number of piperidine rings is 1. The molecule has 2 amide bonds. The van der Waals surface area contributed by atoms with Gasteiger partial charge in [0, 0.05) is 25.8 Å². The lowest BCUT2D eigenvalue weighted by Gasteiger charge is -2.35. The average molecular weight is 405 g/mol. The number of carbonyl (C=O) groups excluding carboxylic acids is 2. The van der Waals surface area contributed by atoms with Gasteiger partial charge in [-0.1, -0.05) is 6.07 Å². The number of pyridine rings is 1. The third-order valence-corrected chi connectivity index (χ3v) is 4.49. The predicted molar refractivity (Wildman–Crippen MR) is 104 cm³/mol. The van der Waals surface area contributed by atoms with E-state index in [4.69, 9.17) is 4.74 Å². The molecule has 2 atom stereocenters. The Morgan fingerprint density at radius 3 is 2.81 bits per heavy atom. The second kappa shape index (κ2) is 10.7. The van der Waals surface area contributed by atoms with Crippen molar-refractivity contribution in [3.63, 3.8) is 0 Å². The highest BCUT2D eigenvalue weighted by Crippen LogP contribution is 2.19. The molecule has 26 heavy (non-hydrogen) atoms. The summed E-state index contributed by atoms with van der Waals surface area (Å²) in [4.78, 5) is 31.0. The number of hydrogen-bond donors (Lipinski definition) is 2. The molecule has 1 aromatic rings. The van der Waals surface area contributed by atoms with E-state index in [0.717, 1.165) is 18.4 Å². The molecule has 2 N–H and O–H groups in total. The highest BCUT2D eigenvalue weighted by molar-refractivity contribution is 5.92. The van der Waals surface area contributed by atoms with Gasteiger partial charge in [-0.3, -0.25) is 9.59 Å². The SMILES string of the molecule is Cc1ccc(NC(=O)C2CCCN(C(=O)C3COCCN3)C2)nc1.Cl.Cl. The summed E-state index contributed by atoms with van der Waals surface area (Å²) in [5, 5.41) is 6.03. The molecule has 0 bridgehead atoms. The van der Waals surface area contributed by atoms with Crippen LogP contribution >= 0.6 is 24.8 Å². The Morgan fingerprint density at radius 1 is 1.35 bits per heavy atom. The minimum atomic E-state index is -0.292. The Labute approximate surface area is 166 Å². The maximum atomic E-state index is 12.6. The first-order valence-corrected chi connectivity index (χ1v) is 8.47. The summed E-state index contributed by atoms with van der Waals surface area (Å²) in [6.45, 7) is 4.83. The number of nitrogens with zero attached hydrogens (tertiary/aromatic N) is 2. The number of likely N-dealkylation sites (tertiary alicyclic amines) is 1. The average Bonchev–Trinajstić information content (AvgIpc) is 2.64. The smallest absolute Gasteiger partial charge is 0.242 e. The van der Waals surface area contributed by atoms with Crippen LogP contribution in [0.2, 0.25) is 0 Å². The molecule has 0 saturated carbocycles. The van der Waals surface area contributed by atoms with E-state index in [1.54, 1.807) is 17.2 Å². The van der Waals surface area contributed by atoms with E-state index in [-0.39, 0.29) is 48.6 Å². The number of rotatable bonds is 3. The third kappa shape index (κ3) is 5.81. The normalized spacial score (nSPS) is 22.6. The Kier molecular flexibility index (Phi) is 9.29. The van der Waals surface area contributed by atoms with Gasteiger partial charge in [0.05, 0.1) is 19.1 Å². The van der Waals surface area contributed by atoms with Gasteiger partial charge in [-0.05, 0) is 31.4 Å². The lowest BCUT2D eigenvalue weighted by Crippen LogP contribution is -2.55. The summed E-state index contributed by atoms with van der Waals surface area (Å²) < 4.78 is 5.36. The van der Waals surface area contributed by atoms with Crippen LogP contribution in [0.4, 0.5) is 5.82 Å². The highest BCUT2D eigenvalue weighted by atomic mass is 35.5. The van der Waals surface area contributed by atoms with Crippen LogP contribution in [-0.2, 0) is 14.3 Å².